The van der Waals surface area contributed by atoms with Crippen LogP contribution in [0.1, 0.15) is 45.4 Å². The molecule has 1 saturated carbocycles. The van der Waals surface area contributed by atoms with Crippen molar-refractivity contribution in [2.45, 2.75) is 51.5 Å². The average Bonchev–Trinajstić information content (AvgIpc) is 2.32. The molecule has 2 heteroatoms. The Morgan fingerprint density at radius 2 is 1.94 bits per heavy atom. The maximum absolute atomic E-state index is 3.44. The minimum absolute atomic E-state index is 0.743. The predicted molar refractivity (Wildman–Crippen MR) is 69.6 cm³/mol. The summed E-state index contributed by atoms with van der Waals surface area (Å²) in [7, 11) is 2.11. The zero-order valence-corrected chi connectivity index (χ0v) is 11.0. The van der Waals surface area contributed by atoms with Crippen molar-refractivity contribution >= 4 is 0 Å². The van der Waals surface area contributed by atoms with Crippen molar-refractivity contribution in [3.63, 3.8) is 0 Å². The molecule has 1 N–H and O–H groups in total. The number of hydrogen-bond donors (Lipinski definition) is 1. The Morgan fingerprint density at radius 3 is 2.69 bits per heavy atom. The largest absolute Gasteiger partial charge is 0.316 e. The fraction of sp³-hybridized carbons (Fsp3) is 1.00. The van der Waals surface area contributed by atoms with Gasteiger partial charge < -0.3 is 10.2 Å². The van der Waals surface area contributed by atoms with E-state index in [-0.39, 0.29) is 0 Å². The molecule has 2 fully saturated rings. The summed E-state index contributed by atoms with van der Waals surface area (Å²) in [6, 6.07) is 0.743. The molecule has 0 spiro atoms. The number of nitrogens with one attached hydrogen (secondary N) is 1. The van der Waals surface area contributed by atoms with E-state index in [1.807, 2.05) is 0 Å². The third-order valence-electron chi connectivity index (χ3n) is 4.70. The summed E-state index contributed by atoms with van der Waals surface area (Å²) >= 11 is 0. The smallest absolute Gasteiger partial charge is 0.0192 e. The van der Waals surface area contributed by atoms with E-state index in [2.05, 4.69) is 24.2 Å². The first kappa shape index (κ1) is 12.4. The van der Waals surface area contributed by atoms with E-state index in [1.54, 1.807) is 0 Å². The van der Waals surface area contributed by atoms with Gasteiger partial charge in [0.2, 0.25) is 0 Å². The van der Waals surface area contributed by atoms with Crippen molar-refractivity contribution in [2.24, 2.45) is 11.8 Å². The van der Waals surface area contributed by atoms with Gasteiger partial charge in [-0.1, -0.05) is 26.2 Å². The number of piperidine rings is 1. The van der Waals surface area contributed by atoms with Gasteiger partial charge >= 0.3 is 0 Å². The normalized spacial score (nSPS) is 37.5. The van der Waals surface area contributed by atoms with Crippen molar-refractivity contribution in [3.8, 4) is 0 Å². The van der Waals surface area contributed by atoms with Crippen LogP contribution >= 0.6 is 0 Å². The van der Waals surface area contributed by atoms with Gasteiger partial charge in [0, 0.05) is 19.1 Å². The van der Waals surface area contributed by atoms with Crippen LogP contribution in [-0.2, 0) is 0 Å². The fourth-order valence-electron chi connectivity index (χ4n) is 3.45. The molecule has 94 valence electrons. The summed E-state index contributed by atoms with van der Waals surface area (Å²) in [6.07, 6.45) is 8.63. The molecule has 16 heavy (non-hydrogen) atoms. The van der Waals surface area contributed by atoms with E-state index in [1.165, 1.54) is 58.2 Å². The topological polar surface area (TPSA) is 15.3 Å². The van der Waals surface area contributed by atoms with Crippen LogP contribution in [0.25, 0.3) is 0 Å². The maximum atomic E-state index is 3.44. The number of rotatable bonds is 3. The quantitative estimate of drug-likeness (QED) is 0.792. The number of likely N-dealkylation sites (tertiary alicyclic amines) is 1. The van der Waals surface area contributed by atoms with Crippen molar-refractivity contribution in [2.75, 3.05) is 26.7 Å². The third kappa shape index (κ3) is 3.21. The molecule has 0 radical (unpaired) electrons. The van der Waals surface area contributed by atoms with Crippen LogP contribution in [0.3, 0.4) is 0 Å². The van der Waals surface area contributed by atoms with Gasteiger partial charge in [-0.05, 0) is 44.7 Å². The maximum Gasteiger partial charge on any atom is 0.0192 e. The number of nitrogens with zero attached hydrogens (tertiary/aromatic N) is 1. The van der Waals surface area contributed by atoms with Gasteiger partial charge in [0.05, 0.1) is 0 Å². The molecule has 0 aromatic heterocycles. The Bertz CT molecular complexity index is 205. The minimum atomic E-state index is 0.743. The first-order chi connectivity index (χ1) is 7.79. The van der Waals surface area contributed by atoms with E-state index < -0.39 is 0 Å². The molecule has 3 atom stereocenters. The van der Waals surface area contributed by atoms with E-state index in [0.29, 0.717) is 0 Å². The molecule has 1 saturated heterocycles. The molecular weight excluding hydrogens is 196 g/mol. The van der Waals surface area contributed by atoms with E-state index in [4.69, 9.17) is 0 Å². The fourth-order valence-corrected chi connectivity index (χ4v) is 3.45. The van der Waals surface area contributed by atoms with E-state index in [9.17, 15) is 0 Å². The Labute approximate surface area is 101 Å². The van der Waals surface area contributed by atoms with Crippen molar-refractivity contribution < 1.29 is 0 Å². The highest BCUT2D eigenvalue weighted by atomic mass is 15.2. The predicted octanol–water partition coefficient (Wildman–Crippen LogP) is 2.50. The lowest BCUT2D eigenvalue weighted by Gasteiger charge is -2.38. The molecule has 1 aliphatic carbocycles. The molecule has 2 rings (SSSR count). The average molecular weight is 224 g/mol. The van der Waals surface area contributed by atoms with E-state index >= 15 is 0 Å². The first-order valence-electron chi connectivity index (χ1n) is 7.19. The van der Waals surface area contributed by atoms with Crippen LogP contribution < -0.4 is 5.32 Å². The highest BCUT2D eigenvalue weighted by molar-refractivity contribution is 4.81. The molecule has 2 aliphatic rings. The van der Waals surface area contributed by atoms with Gasteiger partial charge in [-0.2, -0.15) is 0 Å². The van der Waals surface area contributed by atoms with Gasteiger partial charge in [0.15, 0.2) is 0 Å². The van der Waals surface area contributed by atoms with Gasteiger partial charge in [-0.25, -0.2) is 0 Å². The summed E-state index contributed by atoms with van der Waals surface area (Å²) in [5.41, 5.74) is 0. The molecule has 3 unspecified atom stereocenters. The van der Waals surface area contributed by atoms with Crippen LogP contribution in [-0.4, -0.2) is 37.6 Å². The molecule has 0 amide bonds. The van der Waals surface area contributed by atoms with Crippen LogP contribution in [0, 0.1) is 11.8 Å². The molecule has 0 aromatic carbocycles. The second-order valence-electron chi connectivity index (χ2n) is 5.91. The van der Waals surface area contributed by atoms with Crippen LogP contribution in [0.2, 0.25) is 0 Å². The first-order valence-corrected chi connectivity index (χ1v) is 7.19. The number of hydrogen-bond acceptors (Lipinski definition) is 2. The molecule has 0 bridgehead atoms. The molecule has 1 heterocycles. The zero-order valence-electron chi connectivity index (χ0n) is 11.0. The lowest BCUT2D eigenvalue weighted by atomic mass is 9.80. The van der Waals surface area contributed by atoms with Crippen molar-refractivity contribution in [1.82, 2.24) is 10.2 Å². The molecule has 2 nitrogen and oxygen atoms in total. The SMILES string of the molecule is CNC1CCCN(CC2CCCCC2C)C1. The van der Waals surface area contributed by atoms with Gasteiger partial charge in [-0.3, -0.25) is 0 Å². The second-order valence-corrected chi connectivity index (χ2v) is 5.91. The van der Waals surface area contributed by atoms with Crippen molar-refractivity contribution in [3.05, 3.63) is 0 Å². The van der Waals surface area contributed by atoms with Crippen LogP contribution in [0.15, 0.2) is 0 Å². The van der Waals surface area contributed by atoms with E-state index in [0.717, 1.165) is 17.9 Å². The lowest BCUT2D eigenvalue weighted by molar-refractivity contribution is 0.127. The molecule has 0 aromatic rings. The Balaban J connectivity index is 1.79. The summed E-state index contributed by atoms with van der Waals surface area (Å²) in [6.45, 7) is 6.43. The van der Waals surface area contributed by atoms with Gasteiger partial charge in [0.1, 0.15) is 0 Å². The Hall–Kier alpha value is -0.0800. The standard InChI is InChI=1S/C14H28N2/c1-12-6-3-4-7-13(12)10-16-9-5-8-14(11-16)15-2/h12-15H,3-11H2,1-2H3. The van der Waals surface area contributed by atoms with Crippen LogP contribution in [0.5, 0.6) is 0 Å². The van der Waals surface area contributed by atoms with Gasteiger partial charge in [0.25, 0.3) is 0 Å². The zero-order chi connectivity index (χ0) is 11.4. The van der Waals surface area contributed by atoms with Gasteiger partial charge in [-0.15, -0.1) is 0 Å². The monoisotopic (exact) mass is 224 g/mol. The summed E-state index contributed by atoms with van der Waals surface area (Å²) in [5.74, 6) is 1.94. The third-order valence-corrected chi connectivity index (χ3v) is 4.70. The minimum Gasteiger partial charge on any atom is -0.316 e. The second kappa shape index (κ2) is 6.02. The molecular formula is C14H28N2. The summed E-state index contributed by atoms with van der Waals surface area (Å²) in [4.78, 5) is 2.71. The summed E-state index contributed by atoms with van der Waals surface area (Å²) in [5, 5.41) is 3.44. The molecule has 1 aliphatic heterocycles. The highest BCUT2D eigenvalue weighted by Crippen LogP contribution is 2.30. The van der Waals surface area contributed by atoms with Crippen LogP contribution in [0.4, 0.5) is 0 Å². The summed E-state index contributed by atoms with van der Waals surface area (Å²) < 4.78 is 0. The Morgan fingerprint density at radius 1 is 1.12 bits per heavy atom. The Kier molecular flexibility index (Phi) is 4.66. The van der Waals surface area contributed by atoms with Crippen molar-refractivity contribution in [1.29, 1.82) is 0 Å². The highest BCUT2D eigenvalue weighted by Gasteiger charge is 2.26. The lowest BCUT2D eigenvalue weighted by Crippen LogP contribution is -2.46. The number of likely N-dealkylation sites (N-methyl/N-ethyl adjacent to an activating group) is 1.